The van der Waals surface area contributed by atoms with Gasteiger partial charge >= 0.3 is 0 Å². The van der Waals surface area contributed by atoms with Crippen LogP contribution in [0.15, 0.2) is 55.0 Å². The van der Waals surface area contributed by atoms with Crippen LogP contribution in [-0.2, 0) is 11.3 Å². The van der Waals surface area contributed by atoms with Gasteiger partial charge in [0, 0.05) is 60.4 Å². The van der Waals surface area contributed by atoms with E-state index in [4.69, 9.17) is 9.72 Å². The summed E-state index contributed by atoms with van der Waals surface area (Å²) in [6.07, 6.45) is 5.30. The molecule has 0 aliphatic carbocycles. The molecule has 3 aromatic heterocycles. The molecule has 1 aromatic carbocycles. The topological polar surface area (TPSA) is 89.9 Å². The van der Waals surface area contributed by atoms with Crippen LogP contribution in [0, 0.1) is 18.3 Å². The van der Waals surface area contributed by atoms with E-state index >= 15 is 0 Å². The van der Waals surface area contributed by atoms with Gasteiger partial charge in [0.1, 0.15) is 6.07 Å². The van der Waals surface area contributed by atoms with Crippen LogP contribution in [0.5, 0.6) is 0 Å². The highest BCUT2D eigenvalue weighted by Crippen LogP contribution is 2.34. The van der Waals surface area contributed by atoms with Crippen LogP contribution in [0.25, 0.3) is 22.2 Å². The first kappa shape index (κ1) is 20.2. The minimum absolute atomic E-state index is 0.483. The van der Waals surface area contributed by atoms with E-state index < -0.39 is 0 Å². The molecule has 1 saturated heterocycles. The summed E-state index contributed by atoms with van der Waals surface area (Å²) >= 11 is 0. The predicted octanol–water partition coefficient (Wildman–Crippen LogP) is 4.38. The summed E-state index contributed by atoms with van der Waals surface area (Å²) in [5.41, 5.74) is 6.94. The van der Waals surface area contributed by atoms with E-state index in [0.29, 0.717) is 5.56 Å². The third kappa shape index (κ3) is 3.94. The van der Waals surface area contributed by atoms with E-state index in [-0.39, 0.29) is 0 Å². The molecule has 1 fully saturated rings. The molecule has 0 saturated carbocycles. The number of nitrogens with zero attached hydrogens (tertiary/aromatic N) is 4. The lowest BCUT2D eigenvalue weighted by molar-refractivity contribution is 0.0336. The van der Waals surface area contributed by atoms with Crippen molar-refractivity contribution >= 4 is 22.3 Å². The van der Waals surface area contributed by atoms with Gasteiger partial charge in [-0.25, -0.2) is 0 Å². The van der Waals surface area contributed by atoms with Crippen molar-refractivity contribution in [3.63, 3.8) is 0 Å². The molecule has 160 valence electrons. The van der Waals surface area contributed by atoms with Gasteiger partial charge in [0.2, 0.25) is 0 Å². The number of benzene rings is 1. The predicted molar refractivity (Wildman–Crippen MR) is 125 cm³/mol. The Morgan fingerprint density at radius 3 is 2.88 bits per heavy atom. The largest absolute Gasteiger partial charge is 0.379 e. The number of nitriles is 1. The number of aromatic nitrogens is 3. The quantitative estimate of drug-likeness (QED) is 0.494. The molecule has 4 heterocycles. The summed E-state index contributed by atoms with van der Waals surface area (Å²) in [5.74, 6) is 0. The van der Waals surface area contributed by atoms with Gasteiger partial charge in [-0.15, -0.1) is 0 Å². The lowest BCUT2D eigenvalue weighted by Gasteiger charge is -2.26. The Labute approximate surface area is 186 Å². The van der Waals surface area contributed by atoms with Gasteiger partial charge in [0.25, 0.3) is 0 Å². The molecule has 7 nitrogen and oxygen atoms in total. The number of ether oxygens (including phenoxy) is 1. The van der Waals surface area contributed by atoms with Gasteiger partial charge < -0.3 is 15.0 Å². The maximum Gasteiger partial charge on any atom is 0.103 e. The average Bonchev–Trinajstić information content (AvgIpc) is 3.31. The fourth-order valence-corrected chi connectivity index (χ4v) is 4.13. The summed E-state index contributed by atoms with van der Waals surface area (Å²) in [7, 11) is 0. The molecule has 0 atom stereocenters. The number of aryl methyl sites for hydroxylation is 1. The van der Waals surface area contributed by atoms with E-state index in [1.807, 2.05) is 36.5 Å². The maximum atomic E-state index is 9.77. The normalized spacial score (nSPS) is 14.4. The second-order valence-corrected chi connectivity index (χ2v) is 7.93. The van der Waals surface area contributed by atoms with E-state index in [0.717, 1.165) is 77.6 Å². The Bertz CT molecular complexity index is 1300. The Hall–Kier alpha value is -3.73. The molecule has 0 amide bonds. The lowest BCUT2D eigenvalue weighted by Crippen LogP contribution is -2.35. The molecule has 1 aliphatic rings. The summed E-state index contributed by atoms with van der Waals surface area (Å²) in [4.78, 5) is 14.8. The highest BCUT2D eigenvalue weighted by molar-refractivity contribution is 5.91. The number of fused-ring (bicyclic) bond motifs is 1. The van der Waals surface area contributed by atoms with Gasteiger partial charge in [-0.05, 0) is 42.8 Å². The molecule has 0 unspecified atom stereocenters. The van der Waals surface area contributed by atoms with Crippen molar-refractivity contribution in [1.82, 2.24) is 19.9 Å². The van der Waals surface area contributed by atoms with Crippen molar-refractivity contribution in [2.75, 3.05) is 31.6 Å². The monoisotopic (exact) mass is 424 g/mol. The number of morpholine rings is 1. The molecule has 0 radical (unpaired) electrons. The fraction of sp³-hybridized carbons (Fsp3) is 0.240. The Kier molecular flexibility index (Phi) is 5.55. The van der Waals surface area contributed by atoms with Crippen LogP contribution in [-0.4, -0.2) is 46.2 Å². The van der Waals surface area contributed by atoms with Crippen LogP contribution in [0.4, 0.5) is 11.4 Å². The summed E-state index contributed by atoms with van der Waals surface area (Å²) < 4.78 is 5.45. The molecule has 0 spiro atoms. The number of anilines is 2. The van der Waals surface area contributed by atoms with E-state index in [1.54, 1.807) is 12.4 Å². The van der Waals surface area contributed by atoms with Gasteiger partial charge in [-0.2, -0.15) is 5.26 Å². The molecule has 4 aromatic rings. The van der Waals surface area contributed by atoms with Crippen molar-refractivity contribution < 1.29 is 4.74 Å². The number of hydrogen-bond donors (Lipinski definition) is 2. The number of rotatable bonds is 5. The van der Waals surface area contributed by atoms with Crippen LogP contribution < -0.4 is 5.32 Å². The summed E-state index contributed by atoms with van der Waals surface area (Å²) in [5, 5.41) is 14.4. The Morgan fingerprint density at radius 2 is 2.03 bits per heavy atom. The third-order valence-corrected chi connectivity index (χ3v) is 5.90. The van der Waals surface area contributed by atoms with Crippen LogP contribution >= 0.6 is 0 Å². The highest BCUT2D eigenvalue weighted by Gasteiger charge is 2.16. The SMILES string of the molecule is Cc1c(Nc2c(C#N)cncc2-c2cccc(CN3CCOCC3)n2)ccc2[nH]ccc12. The van der Waals surface area contributed by atoms with Gasteiger partial charge in [-0.1, -0.05) is 6.07 Å². The van der Waals surface area contributed by atoms with Gasteiger partial charge in [0.05, 0.1) is 35.9 Å². The maximum absolute atomic E-state index is 9.77. The summed E-state index contributed by atoms with van der Waals surface area (Å²) in [6, 6.07) is 14.4. The van der Waals surface area contributed by atoms with E-state index in [2.05, 4.69) is 39.2 Å². The molecule has 0 bridgehead atoms. The Balaban J connectivity index is 1.52. The van der Waals surface area contributed by atoms with Crippen LogP contribution in [0.3, 0.4) is 0 Å². The van der Waals surface area contributed by atoms with Gasteiger partial charge in [0.15, 0.2) is 0 Å². The Morgan fingerprint density at radius 1 is 1.16 bits per heavy atom. The van der Waals surface area contributed by atoms with Crippen molar-refractivity contribution in [2.24, 2.45) is 0 Å². The molecule has 2 N–H and O–H groups in total. The lowest BCUT2D eigenvalue weighted by atomic mass is 10.0. The minimum Gasteiger partial charge on any atom is -0.379 e. The first-order chi connectivity index (χ1) is 15.7. The van der Waals surface area contributed by atoms with E-state index in [1.165, 1.54) is 0 Å². The number of nitrogens with one attached hydrogen (secondary N) is 2. The smallest absolute Gasteiger partial charge is 0.103 e. The first-order valence-electron chi connectivity index (χ1n) is 10.7. The van der Waals surface area contributed by atoms with Crippen molar-refractivity contribution in [3.8, 4) is 17.3 Å². The molecule has 1 aliphatic heterocycles. The van der Waals surface area contributed by atoms with Crippen molar-refractivity contribution in [3.05, 3.63) is 71.8 Å². The molecule has 32 heavy (non-hydrogen) atoms. The zero-order chi connectivity index (χ0) is 21.9. The summed E-state index contributed by atoms with van der Waals surface area (Å²) in [6.45, 7) is 6.18. The zero-order valence-corrected chi connectivity index (χ0v) is 17.9. The van der Waals surface area contributed by atoms with Crippen molar-refractivity contribution in [1.29, 1.82) is 5.26 Å². The van der Waals surface area contributed by atoms with Crippen LogP contribution in [0.2, 0.25) is 0 Å². The minimum atomic E-state index is 0.483. The fourth-order valence-electron chi connectivity index (χ4n) is 4.13. The van der Waals surface area contributed by atoms with E-state index in [9.17, 15) is 5.26 Å². The second kappa shape index (κ2) is 8.79. The first-order valence-corrected chi connectivity index (χ1v) is 10.7. The number of hydrogen-bond acceptors (Lipinski definition) is 6. The average molecular weight is 425 g/mol. The zero-order valence-electron chi connectivity index (χ0n) is 17.9. The van der Waals surface area contributed by atoms with Crippen LogP contribution in [0.1, 0.15) is 16.8 Å². The number of pyridine rings is 2. The highest BCUT2D eigenvalue weighted by atomic mass is 16.5. The molecule has 7 heteroatoms. The number of H-pyrrole nitrogens is 1. The molecular formula is C25H24N6O. The number of aromatic amines is 1. The molecule has 5 rings (SSSR count). The van der Waals surface area contributed by atoms with Crippen molar-refractivity contribution in [2.45, 2.75) is 13.5 Å². The standard InChI is InChI=1S/C25H24N6O/c1-17-20-7-8-28-23(20)6-5-22(17)30-25-18(13-26)14-27-15-21(25)24-4-2-3-19(29-24)16-31-9-11-32-12-10-31/h2-8,14-15,28H,9-12,16H2,1H3,(H,27,30). The molecular weight excluding hydrogens is 400 g/mol. The third-order valence-electron chi connectivity index (χ3n) is 5.90. The second-order valence-electron chi connectivity index (χ2n) is 7.93. The van der Waals surface area contributed by atoms with Gasteiger partial charge in [-0.3, -0.25) is 14.9 Å².